The van der Waals surface area contributed by atoms with Crippen molar-refractivity contribution in [3.63, 3.8) is 0 Å². The van der Waals surface area contributed by atoms with Crippen LogP contribution < -0.4 is 5.32 Å². The summed E-state index contributed by atoms with van der Waals surface area (Å²) in [6.07, 6.45) is 1.77. The monoisotopic (exact) mass is 303 g/mol. The summed E-state index contributed by atoms with van der Waals surface area (Å²) >= 11 is 5.91. The van der Waals surface area contributed by atoms with Crippen molar-refractivity contribution in [3.8, 4) is 0 Å². The van der Waals surface area contributed by atoms with Crippen LogP contribution in [0, 0.1) is 5.82 Å². The zero-order valence-corrected chi connectivity index (χ0v) is 11.6. The summed E-state index contributed by atoms with van der Waals surface area (Å²) in [5, 5.41) is 10.7. The van der Waals surface area contributed by atoms with Gasteiger partial charge in [0.15, 0.2) is 0 Å². The molecule has 2 aromatic carbocycles. The molecule has 3 aromatic rings. The van der Waals surface area contributed by atoms with Gasteiger partial charge in [-0.15, -0.1) is 0 Å². The van der Waals surface area contributed by atoms with Gasteiger partial charge in [-0.1, -0.05) is 17.7 Å². The number of nitrogens with zero attached hydrogens (tertiary/aromatic N) is 1. The predicted octanol–water partition coefficient (Wildman–Crippen LogP) is 3.54. The van der Waals surface area contributed by atoms with Crippen LogP contribution in [0.25, 0.3) is 10.9 Å². The van der Waals surface area contributed by atoms with E-state index in [1.54, 1.807) is 12.3 Å². The third-order valence-corrected chi connectivity index (χ3v) is 3.44. The molecule has 0 aliphatic carbocycles. The molecule has 0 spiro atoms. The highest BCUT2D eigenvalue weighted by Crippen LogP contribution is 2.20. The van der Waals surface area contributed by atoms with Crippen molar-refractivity contribution in [1.29, 1.82) is 0 Å². The highest BCUT2D eigenvalue weighted by Gasteiger charge is 2.09. The van der Waals surface area contributed by atoms with E-state index >= 15 is 0 Å². The molecule has 0 atom stereocenters. The number of aromatic amines is 1. The van der Waals surface area contributed by atoms with Crippen LogP contribution in [0.1, 0.15) is 5.56 Å². The minimum atomic E-state index is -0.422. The second kappa shape index (κ2) is 5.54. The number of anilines is 1. The number of benzene rings is 2. The number of fused-ring (bicyclic) bond motifs is 1. The molecule has 106 valence electrons. The van der Waals surface area contributed by atoms with Gasteiger partial charge in [-0.05, 0) is 35.9 Å². The van der Waals surface area contributed by atoms with Gasteiger partial charge in [0.25, 0.3) is 0 Å². The Balaban J connectivity index is 1.73. The maximum atomic E-state index is 13.0. The van der Waals surface area contributed by atoms with Crippen molar-refractivity contribution in [2.24, 2.45) is 0 Å². The van der Waals surface area contributed by atoms with Crippen LogP contribution in [0.2, 0.25) is 5.02 Å². The van der Waals surface area contributed by atoms with Gasteiger partial charge in [0.2, 0.25) is 5.91 Å². The van der Waals surface area contributed by atoms with Crippen LogP contribution in [0.3, 0.4) is 0 Å². The van der Waals surface area contributed by atoms with Gasteiger partial charge in [0.05, 0.1) is 18.1 Å². The van der Waals surface area contributed by atoms with Crippen molar-refractivity contribution >= 4 is 34.1 Å². The molecule has 1 amide bonds. The number of carbonyl (C=O) groups excluding carboxylic acids is 1. The zero-order valence-electron chi connectivity index (χ0n) is 10.9. The third kappa shape index (κ3) is 3.03. The average Bonchev–Trinajstić information content (AvgIpc) is 2.89. The number of halogens is 2. The lowest BCUT2D eigenvalue weighted by molar-refractivity contribution is -0.115. The highest BCUT2D eigenvalue weighted by atomic mass is 35.5. The van der Waals surface area contributed by atoms with Gasteiger partial charge < -0.3 is 5.32 Å². The van der Waals surface area contributed by atoms with Gasteiger partial charge in [-0.2, -0.15) is 5.10 Å². The normalized spacial score (nSPS) is 10.8. The molecule has 0 unspecified atom stereocenters. The molecule has 0 aliphatic rings. The summed E-state index contributed by atoms with van der Waals surface area (Å²) in [6.45, 7) is 0. The molecule has 21 heavy (non-hydrogen) atoms. The number of H-pyrrole nitrogens is 1. The lowest BCUT2D eigenvalue weighted by Gasteiger charge is -2.07. The molecule has 1 aromatic heterocycles. The summed E-state index contributed by atoms with van der Waals surface area (Å²) in [6, 6.07) is 9.43. The summed E-state index contributed by atoms with van der Waals surface area (Å²) in [4.78, 5) is 12.0. The van der Waals surface area contributed by atoms with Crippen molar-refractivity contribution < 1.29 is 9.18 Å². The number of amides is 1. The first-order chi connectivity index (χ1) is 10.1. The van der Waals surface area contributed by atoms with Gasteiger partial charge in [0.1, 0.15) is 5.82 Å². The quantitative estimate of drug-likeness (QED) is 0.777. The Kier molecular flexibility index (Phi) is 3.58. The van der Waals surface area contributed by atoms with E-state index in [9.17, 15) is 9.18 Å². The molecule has 0 radical (unpaired) electrons. The van der Waals surface area contributed by atoms with Crippen molar-refractivity contribution in [1.82, 2.24) is 10.2 Å². The van der Waals surface area contributed by atoms with Gasteiger partial charge >= 0.3 is 0 Å². The van der Waals surface area contributed by atoms with E-state index < -0.39 is 5.82 Å². The molecular weight excluding hydrogens is 293 g/mol. The lowest BCUT2D eigenvalue weighted by Crippen LogP contribution is -2.14. The van der Waals surface area contributed by atoms with E-state index in [0.29, 0.717) is 11.3 Å². The fraction of sp³-hybridized carbons (Fsp3) is 0.0667. The molecule has 3 rings (SSSR count). The largest absolute Gasteiger partial charge is 0.326 e. The molecule has 0 aliphatic heterocycles. The van der Waals surface area contributed by atoms with E-state index in [1.165, 1.54) is 18.2 Å². The van der Waals surface area contributed by atoms with E-state index in [1.807, 2.05) is 12.1 Å². The maximum Gasteiger partial charge on any atom is 0.228 e. The topological polar surface area (TPSA) is 57.8 Å². The zero-order chi connectivity index (χ0) is 14.8. The van der Waals surface area contributed by atoms with E-state index in [2.05, 4.69) is 15.5 Å². The first-order valence-electron chi connectivity index (χ1n) is 6.29. The molecule has 0 fully saturated rings. The summed E-state index contributed by atoms with van der Waals surface area (Å²) in [5.41, 5.74) is 2.15. The fourth-order valence-electron chi connectivity index (χ4n) is 2.06. The summed E-state index contributed by atoms with van der Waals surface area (Å²) in [7, 11) is 0. The Hall–Kier alpha value is -2.40. The average molecular weight is 304 g/mol. The van der Waals surface area contributed by atoms with E-state index in [0.717, 1.165) is 10.9 Å². The number of hydrogen-bond donors (Lipinski definition) is 2. The Morgan fingerprint density at radius 3 is 2.95 bits per heavy atom. The molecular formula is C15H11ClFN3O. The maximum absolute atomic E-state index is 13.0. The molecule has 4 nitrogen and oxygen atoms in total. The van der Waals surface area contributed by atoms with Crippen LogP contribution in [-0.2, 0) is 11.2 Å². The van der Waals surface area contributed by atoms with Gasteiger partial charge in [-0.3, -0.25) is 9.89 Å². The number of nitrogens with one attached hydrogen (secondary N) is 2. The van der Waals surface area contributed by atoms with Gasteiger partial charge in [-0.25, -0.2) is 4.39 Å². The Morgan fingerprint density at radius 1 is 1.29 bits per heavy atom. The van der Waals surface area contributed by atoms with Crippen LogP contribution in [0.4, 0.5) is 10.1 Å². The SMILES string of the molecule is O=C(Cc1ccc(F)cc1Cl)Nc1ccc2[nH]ncc2c1. The second-order valence-corrected chi connectivity index (χ2v) is 5.04. The minimum Gasteiger partial charge on any atom is -0.326 e. The molecule has 0 saturated heterocycles. The van der Waals surface area contributed by atoms with Crippen LogP contribution in [0.5, 0.6) is 0 Å². The third-order valence-electron chi connectivity index (χ3n) is 3.09. The highest BCUT2D eigenvalue weighted by molar-refractivity contribution is 6.31. The molecule has 0 saturated carbocycles. The lowest BCUT2D eigenvalue weighted by atomic mass is 10.1. The Bertz CT molecular complexity index is 816. The number of rotatable bonds is 3. The summed E-state index contributed by atoms with van der Waals surface area (Å²) < 4.78 is 13.0. The predicted molar refractivity (Wildman–Crippen MR) is 79.8 cm³/mol. The number of hydrogen-bond acceptors (Lipinski definition) is 2. The summed E-state index contributed by atoms with van der Waals surface area (Å²) in [5.74, 6) is -0.638. The standard InChI is InChI=1S/C15H11ClFN3O/c16-13-7-11(17)2-1-9(13)6-15(21)19-12-3-4-14-10(5-12)8-18-20-14/h1-5,7-8H,6H2,(H,18,20)(H,19,21). The minimum absolute atomic E-state index is 0.0859. The van der Waals surface area contributed by atoms with Crippen LogP contribution >= 0.6 is 11.6 Å². The fourth-order valence-corrected chi connectivity index (χ4v) is 2.30. The molecule has 6 heteroatoms. The molecule has 0 bridgehead atoms. The smallest absolute Gasteiger partial charge is 0.228 e. The number of aromatic nitrogens is 2. The Morgan fingerprint density at radius 2 is 2.14 bits per heavy atom. The van der Waals surface area contributed by atoms with E-state index in [4.69, 9.17) is 11.6 Å². The van der Waals surface area contributed by atoms with Crippen molar-refractivity contribution in [2.45, 2.75) is 6.42 Å². The van der Waals surface area contributed by atoms with Crippen molar-refractivity contribution in [3.05, 3.63) is 59.0 Å². The van der Waals surface area contributed by atoms with Crippen molar-refractivity contribution in [2.75, 3.05) is 5.32 Å². The van der Waals surface area contributed by atoms with Gasteiger partial charge in [0, 0.05) is 16.1 Å². The molecule has 2 N–H and O–H groups in total. The first kappa shape index (κ1) is 13.6. The van der Waals surface area contributed by atoms with Crippen LogP contribution in [-0.4, -0.2) is 16.1 Å². The Labute approximate surface area is 124 Å². The molecule has 1 heterocycles. The van der Waals surface area contributed by atoms with Crippen LogP contribution in [0.15, 0.2) is 42.6 Å². The van der Waals surface area contributed by atoms with E-state index in [-0.39, 0.29) is 17.4 Å². The second-order valence-electron chi connectivity index (χ2n) is 4.63. The first-order valence-corrected chi connectivity index (χ1v) is 6.66. The number of carbonyl (C=O) groups is 1.